The zero-order chi connectivity index (χ0) is 20.1. The lowest BCUT2D eigenvalue weighted by Crippen LogP contribution is -2.30. The van der Waals surface area contributed by atoms with Crippen molar-refractivity contribution in [1.82, 2.24) is 25.3 Å². The van der Waals surface area contributed by atoms with Gasteiger partial charge in [0.25, 0.3) is 5.91 Å². The molecule has 1 aliphatic heterocycles. The highest BCUT2D eigenvalue weighted by molar-refractivity contribution is 5.93. The highest BCUT2D eigenvalue weighted by Crippen LogP contribution is 2.21. The fourth-order valence-electron chi connectivity index (χ4n) is 3.36. The molecule has 1 saturated heterocycles. The van der Waals surface area contributed by atoms with Gasteiger partial charge in [-0.15, -0.1) is 0 Å². The highest BCUT2D eigenvalue weighted by Gasteiger charge is 2.14. The Kier molecular flexibility index (Phi) is 5.79. The van der Waals surface area contributed by atoms with Crippen LogP contribution in [0.3, 0.4) is 0 Å². The van der Waals surface area contributed by atoms with Crippen molar-refractivity contribution in [2.45, 2.75) is 26.2 Å². The van der Waals surface area contributed by atoms with Gasteiger partial charge in [0.15, 0.2) is 0 Å². The van der Waals surface area contributed by atoms with E-state index in [1.165, 1.54) is 25.5 Å². The van der Waals surface area contributed by atoms with Gasteiger partial charge in [-0.05, 0) is 38.3 Å². The van der Waals surface area contributed by atoms with E-state index >= 15 is 0 Å². The number of aryl methyl sites for hydroxylation is 1. The number of nitrogens with one attached hydrogen (secondary N) is 1. The SMILES string of the molecule is Cc1nc(OCCNC(=O)c2cnc3ccccc3n2)cc(N2CCCCC2)n1. The summed E-state index contributed by atoms with van der Waals surface area (Å²) < 4.78 is 5.75. The van der Waals surface area contributed by atoms with Crippen molar-refractivity contribution in [3.63, 3.8) is 0 Å². The first-order valence-corrected chi connectivity index (χ1v) is 9.92. The molecular weight excluding hydrogens is 368 g/mol. The number of ether oxygens (including phenoxy) is 1. The number of anilines is 1. The third-order valence-electron chi connectivity index (χ3n) is 4.80. The molecule has 150 valence electrons. The number of hydrogen-bond acceptors (Lipinski definition) is 7. The standard InChI is InChI=1S/C21H24N6O2/c1-15-24-19(27-10-5-2-6-11-27)13-20(25-15)29-12-9-22-21(28)18-14-23-16-7-3-4-8-17(16)26-18/h3-4,7-8,13-14H,2,5-6,9-12H2,1H3,(H,22,28). The molecule has 1 aliphatic rings. The number of fused-ring (bicyclic) bond motifs is 1. The summed E-state index contributed by atoms with van der Waals surface area (Å²) in [5.74, 6) is 1.83. The third kappa shape index (κ3) is 4.77. The van der Waals surface area contributed by atoms with E-state index in [2.05, 4.69) is 30.2 Å². The molecule has 1 aromatic carbocycles. The normalized spacial score (nSPS) is 14.0. The number of rotatable bonds is 6. The zero-order valence-corrected chi connectivity index (χ0v) is 16.5. The Morgan fingerprint density at radius 1 is 1.10 bits per heavy atom. The summed E-state index contributed by atoms with van der Waals surface area (Å²) in [6.07, 6.45) is 5.12. The van der Waals surface area contributed by atoms with Crippen molar-refractivity contribution in [3.05, 3.63) is 48.0 Å². The molecular formula is C21H24N6O2. The Morgan fingerprint density at radius 2 is 1.90 bits per heavy atom. The average molecular weight is 392 g/mol. The molecule has 0 saturated carbocycles. The van der Waals surface area contributed by atoms with Gasteiger partial charge in [0.05, 0.1) is 23.8 Å². The summed E-state index contributed by atoms with van der Waals surface area (Å²) in [7, 11) is 0. The summed E-state index contributed by atoms with van der Waals surface area (Å²) in [5.41, 5.74) is 1.74. The molecule has 2 aromatic heterocycles. The Balaban J connectivity index is 1.31. The number of para-hydroxylation sites is 2. The fraction of sp³-hybridized carbons (Fsp3) is 0.381. The van der Waals surface area contributed by atoms with Crippen LogP contribution >= 0.6 is 0 Å². The Morgan fingerprint density at radius 3 is 2.72 bits per heavy atom. The van der Waals surface area contributed by atoms with Crippen molar-refractivity contribution in [2.75, 3.05) is 31.1 Å². The van der Waals surface area contributed by atoms with E-state index in [1.54, 1.807) is 0 Å². The molecule has 0 bridgehead atoms. The van der Waals surface area contributed by atoms with Crippen LogP contribution in [0.2, 0.25) is 0 Å². The van der Waals surface area contributed by atoms with E-state index in [4.69, 9.17) is 4.74 Å². The number of benzene rings is 1. The molecule has 3 heterocycles. The van der Waals surface area contributed by atoms with Gasteiger partial charge < -0.3 is 15.0 Å². The molecule has 4 rings (SSSR count). The molecule has 1 N–H and O–H groups in total. The maximum absolute atomic E-state index is 12.3. The van der Waals surface area contributed by atoms with Gasteiger partial charge in [0, 0.05) is 19.2 Å². The first kappa shape index (κ1) is 19.0. The van der Waals surface area contributed by atoms with Crippen molar-refractivity contribution in [1.29, 1.82) is 0 Å². The van der Waals surface area contributed by atoms with Crippen LogP contribution in [-0.2, 0) is 0 Å². The van der Waals surface area contributed by atoms with Gasteiger partial charge in [-0.3, -0.25) is 9.78 Å². The number of piperidine rings is 1. The van der Waals surface area contributed by atoms with Crippen LogP contribution in [0.5, 0.6) is 5.88 Å². The van der Waals surface area contributed by atoms with Crippen molar-refractivity contribution >= 4 is 22.8 Å². The van der Waals surface area contributed by atoms with Gasteiger partial charge in [-0.2, -0.15) is 4.98 Å². The molecule has 0 aliphatic carbocycles. The van der Waals surface area contributed by atoms with Crippen molar-refractivity contribution < 1.29 is 9.53 Å². The highest BCUT2D eigenvalue weighted by atomic mass is 16.5. The number of carbonyl (C=O) groups is 1. The molecule has 0 unspecified atom stereocenters. The molecule has 1 fully saturated rings. The summed E-state index contributed by atoms with van der Waals surface area (Å²) in [6.45, 7) is 4.54. The van der Waals surface area contributed by atoms with Crippen LogP contribution in [-0.4, -0.2) is 52.1 Å². The second-order valence-electron chi connectivity index (χ2n) is 7.01. The van der Waals surface area contributed by atoms with E-state index in [-0.39, 0.29) is 11.6 Å². The van der Waals surface area contributed by atoms with Crippen LogP contribution in [0.25, 0.3) is 11.0 Å². The summed E-state index contributed by atoms with van der Waals surface area (Å²) in [5, 5.41) is 2.81. The van der Waals surface area contributed by atoms with Crippen molar-refractivity contribution in [2.24, 2.45) is 0 Å². The molecule has 0 atom stereocenters. The second-order valence-corrected chi connectivity index (χ2v) is 7.01. The Hall–Kier alpha value is -3.29. The van der Waals surface area contributed by atoms with Gasteiger partial charge in [0.1, 0.15) is 23.9 Å². The predicted octanol–water partition coefficient (Wildman–Crippen LogP) is 2.53. The molecule has 8 heteroatoms. The van der Waals surface area contributed by atoms with Crippen LogP contribution in [0.1, 0.15) is 35.6 Å². The van der Waals surface area contributed by atoms with E-state index < -0.39 is 0 Å². The molecule has 0 spiro atoms. The fourth-order valence-corrected chi connectivity index (χ4v) is 3.36. The van der Waals surface area contributed by atoms with Crippen LogP contribution in [0.15, 0.2) is 36.5 Å². The first-order valence-electron chi connectivity index (χ1n) is 9.92. The maximum Gasteiger partial charge on any atom is 0.271 e. The minimum atomic E-state index is -0.278. The topological polar surface area (TPSA) is 93.1 Å². The molecule has 1 amide bonds. The molecule has 8 nitrogen and oxygen atoms in total. The minimum absolute atomic E-state index is 0.278. The largest absolute Gasteiger partial charge is 0.476 e. The minimum Gasteiger partial charge on any atom is -0.476 e. The summed E-state index contributed by atoms with van der Waals surface area (Å²) in [4.78, 5) is 32.1. The summed E-state index contributed by atoms with van der Waals surface area (Å²) in [6, 6.07) is 9.32. The number of amides is 1. The lowest BCUT2D eigenvalue weighted by atomic mass is 10.1. The van der Waals surface area contributed by atoms with Crippen LogP contribution in [0.4, 0.5) is 5.82 Å². The Labute approximate surface area is 169 Å². The molecule has 3 aromatic rings. The quantitative estimate of drug-likeness (QED) is 0.644. The van der Waals surface area contributed by atoms with Gasteiger partial charge in [-0.1, -0.05) is 12.1 Å². The van der Waals surface area contributed by atoms with Crippen LogP contribution in [0, 0.1) is 6.92 Å². The Bertz CT molecular complexity index is 1000. The van der Waals surface area contributed by atoms with E-state index in [9.17, 15) is 4.79 Å². The van der Waals surface area contributed by atoms with Gasteiger partial charge in [-0.25, -0.2) is 9.97 Å². The maximum atomic E-state index is 12.3. The molecule has 29 heavy (non-hydrogen) atoms. The van der Waals surface area contributed by atoms with E-state index in [0.29, 0.717) is 30.4 Å². The number of aromatic nitrogens is 4. The first-order chi connectivity index (χ1) is 14.2. The smallest absolute Gasteiger partial charge is 0.271 e. The van der Waals surface area contributed by atoms with Crippen molar-refractivity contribution in [3.8, 4) is 5.88 Å². The van der Waals surface area contributed by atoms with Gasteiger partial charge >= 0.3 is 0 Å². The summed E-state index contributed by atoms with van der Waals surface area (Å²) >= 11 is 0. The van der Waals surface area contributed by atoms with Crippen LogP contribution < -0.4 is 15.0 Å². The number of hydrogen-bond donors (Lipinski definition) is 1. The second kappa shape index (κ2) is 8.81. The lowest BCUT2D eigenvalue weighted by molar-refractivity contribution is 0.0941. The average Bonchev–Trinajstić information content (AvgIpc) is 2.76. The number of carbonyl (C=O) groups excluding carboxylic acids is 1. The zero-order valence-electron chi connectivity index (χ0n) is 16.5. The molecule has 0 radical (unpaired) electrons. The predicted molar refractivity (Wildman–Crippen MR) is 110 cm³/mol. The van der Waals surface area contributed by atoms with Gasteiger partial charge in [0.2, 0.25) is 5.88 Å². The number of nitrogens with zero attached hydrogens (tertiary/aromatic N) is 5. The van der Waals surface area contributed by atoms with E-state index in [0.717, 1.165) is 24.4 Å². The third-order valence-corrected chi connectivity index (χ3v) is 4.80. The monoisotopic (exact) mass is 392 g/mol. The van der Waals surface area contributed by atoms with E-state index in [1.807, 2.05) is 37.3 Å². The lowest BCUT2D eigenvalue weighted by Gasteiger charge is -2.28.